The Labute approximate surface area is 249 Å². The van der Waals surface area contributed by atoms with Gasteiger partial charge in [-0.25, -0.2) is 22.0 Å². The summed E-state index contributed by atoms with van der Waals surface area (Å²) in [5, 5.41) is 11.2. The van der Waals surface area contributed by atoms with Gasteiger partial charge in [-0.3, -0.25) is 4.90 Å². The molecule has 0 bridgehead atoms. The van der Waals surface area contributed by atoms with Gasteiger partial charge in [-0.05, 0) is 54.6 Å². The molecule has 11 heteroatoms. The van der Waals surface area contributed by atoms with Gasteiger partial charge >= 0.3 is 6.01 Å². The van der Waals surface area contributed by atoms with E-state index in [2.05, 4.69) is 22.5 Å². The van der Waals surface area contributed by atoms with Crippen molar-refractivity contribution in [2.24, 2.45) is 0 Å². The molecule has 0 radical (unpaired) electrons. The maximum Gasteiger partial charge on any atom is 0.324 e. The zero-order chi connectivity index (χ0) is 30.9. The first-order valence-corrected chi connectivity index (χ1v) is 14.3. The van der Waals surface area contributed by atoms with Crippen LogP contribution in [0.1, 0.15) is 24.8 Å². The van der Waals surface area contributed by atoms with Gasteiger partial charge in [-0.15, -0.1) is 6.42 Å². The third-order valence-corrected chi connectivity index (χ3v) is 9.07. The maximum atomic E-state index is 16.6. The predicted molar refractivity (Wildman–Crippen MR) is 157 cm³/mol. The van der Waals surface area contributed by atoms with Crippen molar-refractivity contribution in [3.05, 3.63) is 65.9 Å². The van der Waals surface area contributed by atoms with Crippen molar-refractivity contribution in [3.8, 4) is 35.2 Å². The zero-order valence-electron chi connectivity index (χ0n) is 23.5. The van der Waals surface area contributed by atoms with Crippen LogP contribution in [0.4, 0.5) is 27.8 Å². The second kappa shape index (κ2) is 10.3. The number of aromatic hydroxyl groups is 1. The van der Waals surface area contributed by atoms with E-state index in [-0.39, 0.29) is 82.4 Å². The Morgan fingerprint density at radius 1 is 1.05 bits per heavy atom. The molecule has 3 fully saturated rings. The van der Waals surface area contributed by atoms with E-state index in [4.69, 9.17) is 11.2 Å². The van der Waals surface area contributed by atoms with Crippen molar-refractivity contribution in [1.29, 1.82) is 0 Å². The Balaban J connectivity index is 1.41. The van der Waals surface area contributed by atoms with Gasteiger partial charge in [0.15, 0.2) is 18.2 Å². The molecule has 4 atom stereocenters. The third-order valence-electron chi connectivity index (χ3n) is 9.07. The number of nitrogens with zero attached hydrogens (tertiary/aromatic N) is 4. The molecule has 6 nitrogen and oxygen atoms in total. The van der Waals surface area contributed by atoms with Gasteiger partial charge in [0, 0.05) is 29.3 Å². The lowest BCUT2D eigenvalue weighted by Crippen LogP contribution is -2.41. The molecule has 3 aliphatic rings. The van der Waals surface area contributed by atoms with Crippen molar-refractivity contribution in [3.63, 3.8) is 0 Å². The average Bonchev–Trinajstić information content (AvgIpc) is 3.64. The van der Waals surface area contributed by atoms with E-state index < -0.39 is 35.7 Å². The molecule has 0 aliphatic carbocycles. The molecule has 4 heterocycles. The number of hydrogen-bond donors (Lipinski definition) is 1. The smallest absolute Gasteiger partial charge is 0.324 e. The zero-order valence-corrected chi connectivity index (χ0v) is 23.5. The molecule has 0 saturated carbocycles. The van der Waals surface area contributed by atoms with E-state index in [1.165, 1.54) is 41.3 Å². The van der Waals surface area contributed by atoms with Gasteiger partial charge in [-0.2, -0.15) is 9.97 Å². The van der Waals surface area contributed by atoms with Gasteiger partial charge in [-0.1, -0.05) is 24.6 Å². The van der Waals surface area contributed by atoms with E-state index in [9.17, 15) is 22.7 Å². The molecular formula is C33H27F5N4O2. The minimum Gasteiger partial charge on any atom is -0.508 e. The Bertz CT molecular complexity index is 1880. The number of ether oxygens (including phenoxy) is 1. The summed E-state index contributed by atoms with van der Waals surface area (Å²) in [6, 6.07) is 7.84. The minimum atomic E-state index is -1.77. The third kappa shape index (κ3) is 4.34. The highest BCUT2D eigenvalue weighted by Gasteiger charge is 2.52. The lowest BCUT2D eigenvalue weighted by atomic mass is 9.92. The number of anilines is 1. The van der Waals surface area contributed by atoms with Crippen LogP contribution in [0.5, 0.6) is 11.8 Å². The normalized spacial score (nSPS) is 25.1. The van der Waals surface area contributed by atoms with Gasteiger partial charge in [0.05, 0.1) is 24.2 Å². The van der Waals surface area contributed by atoms with E-state index >= 15 is 4.39 Å². The summed E-state index contributed by atoms with van der Waals surface area (Å²) >= 11 is 0. The number of aromatic nitrogens is 2. The van der Waals surface area contributed by atoms with Crippen LogP contribution in [-0.4, -0.2) is 70.2 Å². The number of halogens is 5. The summed E-state index contributed by atoms with van der Waals surface area (Å²) in [7, 11) is 0. The molecular weight excluding hydrogens is 579 g/mol. The summed E-state index contributed by atoms with van der Waals surface area (Å²) in [6.45, 7) is 4.35. The van der Waals surface area contributed by atoms with Crippen molar-refractivity contribution in [2.75, 3.05) is 31.1 Å². The maximum absolute atomic E-state index is 16.6. The average molecular weight is 607 g/mol. The highest BCUT2D eigenvalue weighted by Crippen LogP contribution is 2.46. The van der Waals surface area contributed by atoms with Crippen LogP contribution in [0.3, 0.4) is 0 Å². The molecule has 1 aromatic heterocycles. The van der Waals surface area contributed by atoms with Crippen LogP contribution < -0.4 is 9.64 Å². The van der Waals surface area contributed by atoms with Gasteiger partial charge in [0.25, 0.3) is 0 Å². The number of alkyl halides is 3. The largest absolute Gasteiger partial charge is 0.508 e. The first-order chi connectivity index (χ1) is 21.1. The summed E-state index contributed by atoms with van der Waals surface area (Å²) < 4.78 is 80.5. The van der Waals surface area contributed by atoms with Gasteiger partial charge in [0.1, 0.15) is 34.8 Å². The second-order valence-electron chi connectivity index (χ2n) is 11.7. The fraction of sp³-hybridized carbons (Fsp3) is 0.333. The first-order valence-electron chi connectivity index (χ1n) is 14.3. The van der Waals surface area contributed by atoms with Crippen LogP contribution in [-0.2, 0) is 0 Å². The Kier molecular flexibility index (Phi) is 6.66. The number of phenols is 1. The monoisotopic (exact) mass is 606 g/mol. The summed E-state index contributed by atoms with van der Waals surface area (Å²) in [5.41, 5.74) is -1.05. The van der Waals surface area contributed by atoms with Gasteiger partial charge < -0.3 is 14.7 Å². The molecule has 4 aromatic rings. The van der Waals surface area contributed by atoms with E-state index in [1.54, 1.807) is 0 Å². The topological polar surface area (TPSA) is 61.7 Å². The Morgan fingerprint density at radius 2 is 1.82 bits per heavy atom. The molecule has 226 valence electrons. The Hall–Kier alpha value is -4.43. The van der Waals surface area contributed by atoms with Crippen LogP contribution in [0.15, 0.2) is 48.7 Å². The minimum absolute atomic E-state index is 0.0535. The summed E-state index contributed by atoms with van der Waals surface area (Å²) in [6.07, 6.45) is 2.63. The molecule has 0 unspecified atom stereocenters. The first kappa shape index (κ1) is 28.3. The number of phenolic OH excluding ortho intramolecular Hbond substituents is 1. The lowest BCUT2D eigenvalue weighted by Gasteiger charge is -2.32. The quantitative estimate of drug-likeness (QED) is 0.162. The predicted octanol–water partition coefficient (Wildman–Crippen LogP) is 6.38. The standard InChI is InChI=1S/C33H27F5N4O2/c1-3-21-25(35)8-5-18-11-20(43)12-24(28(18)21)22-6-7-23-30(29(22)38)39-32(40-31(23)41-15-26(36)27(37)16-41)44-17(2)33-9-4-10-42(33)14-19(34)13-33/h1,5-8,11-12,19,26-27,43H,2,4,9-10,13-16H2/t19-,26-,27+,33+/m1/s1. The molecule has 7 rings (SSSR count). The van der Waals surface area contributed by atoms with Crippen molar-refractivity contribution in [2.45, 2.75) is 43.3 Å². The molecule has 3 aliphatic heterocycles. The van der Waals surface area contributed by atoms with Gasteiger partial charge in [0.2, 0.25) is 0 Å². The molecule has 0 amide bonds. The number of fused-ring (bicyclic) bond motifs is 3. The van der Waals surface area contributed by atoms with E-state index in [0.29, 0.717) is 18.4 Å². The molecule has 1 N–H and O–H groups in total. The highest BCUT2D eigenvalue weighted by molar-refractivity contribution is 6.04. The summed E-state index contributed by atoms with van der Waals surface area (Å²) in [5.74, 6) is 0.808. The molecule has 44 heavy (non-hydrogen) atoms. The molecule has 0 spiro atoms. The van der Waals surface area contributed by atoms with E-state index in [1.807, 2.05) is 4.90 Å². The van der Waals surface area contributed by atoms with Crippen LogP contribution in [0.25, 0.3) is 32.8 Å². The van der Waals surface area contributed by atoms with Crippen LogP contribution in [0, 0.1) is 24.0 Å². The van der Waals surface area contributed by atoms with Crippen molar-refractivity contribution in [1.82, 2.24) is 14.9 Å². The SMILES string of the molecule is C#Cc1c(F)ccc2cc(O)cc(-c3ccc4c(N5C[C@@H](F)[C@@H](F)C5)nc(OC(=C)[C@@]56CCCN5C[C@H](F)C6)nc4c3F)c12. The Morgan fingerprint density at radius 3 is 2.57 bits per heavy atom. The lowest BCUT2D eigenvalue weighted by molar-refractivity contribution is 0.171. The number of hydrogen-bond acceptors (Lipinski definition) is 6. The second-order valence-corrected chi connectivity index (χ2v) is 11.7. The molecule has 3 saturated heterocycles. The fourth-order valence-electron chi connectivity index (χ4n) is 7.03. The fourth-order valence-corrected chi connectivity index (χ4v) is 7.03. The number of rotatable bonds is 5. The number of terminal acetylenes is 1. The van der Waals surface area contributed by atoms with E-state index in [0.717, 1.165) is 6.42 Å². The summed E-state index contributed by atoms with van der Waals surface area (Å²) in [4.78, 5) is 12.1. The van der Waals surface area contributed by atoms with Crippen LogP contribution in [0.2, 0.25) is 0 Å². The highest BCUT2D eigenvalue weighted by atomic mass is 19.2. The molecule has 3 aromatic carbocycles. The van der Waals surface area contributed by atoms with Crippen molar-refractivity contribution < 1.29 is 31.8 Å². The van der Waals surface area contributed by atoms with Crippen LogP contribution >= 0.6 is 0 Å². The number of benzene rings is 3. The van der Waals surface area contributed by atoms with Crippen molar-refractivity contribution >= 4 is 27.5 Å².